The Balaban J connectivity index is 1.59. The fraction of sp³-hybridized carbons (Fsp3) is 0.462. The molecule has 1 N–H and O–H groups in total. The molecule has 5 heteroatoms. The van der Waals surface area contributed by atoms with Gasteiger partial charge in [-0.2, -0.15) is 0 Å². The Labute approximate surface area is 185 Å². The van der Waals surface area contributed by atoms with E-state index < -0.39 is 0 Å². The number of rotatable bonds is 5. The molecular formula is C26H33N5. The molecule has 4 heterocycles. The third-order valence-electron chi connectivity index (χ3n) is 6.51. The van der Waals surface area contributed by atoms with E-state index >= 15 is 0 Å². The van der Waals surface area contributed by atoms with Gasteiger partial charge < -0.3 is 15.1 Å². The number of fused-ring (bicyclic) bond motifs is 1. The van der Waals surface area contributed by atoms with Gasteiger partial charge in [-0.3, -0.25) is 4.98 Å². The molecule has 0 spiro atoms. The van der Waals surface area contributed by atoms with Crippen LogP contribution >= 0.6 is 0 Å². The summed E-state index contributed by atoms with van der Waals surface area (Å²) in [5.74, 6) is 2.03. The van der Waals surface area contributed by atoms with Crippen molar-refractivity contribution < 1.29 is 0 Å². The first-order chi connectivity index (χ1) is 15.0. The van der Waals surface area contributed by atoms with Crippen LogP contribution < -0.4 is 15.1 Å². The van der Waals surface area contributed by atoms with Crippen molar-refractivity contribution in [1.82, 2.24) is 15.3 Å². The Hall–Kier alpha value is -2.66. The molecular weight excluding hydrogens is 382 g/mol. The van der Waals surface area contributed by atoms with Crippen LogP contribution in [-0.4, -0.2) is 49.2 Å². The van der Waals surface area contributed by atoms with Gasteiger partial charge >= 0.3 is 0 Å². The average molecular weight is 416 g/mol. The Morgan fingerprint density at radius 3 is 2.26 bits per heavy atom. The van der Waals surface area contributed by atoms with Crippen molar-refractivity contribution in [2.24, 2.45) is 0 Å². The summed E-state index contributed by atoms with van der Waals surface area (Å²) in [5, 5.41) is 4.69. The summed E-state index contributed by atoms with van der Waals surface area (Å²) in [6.45, 7) is 15.4. The fourth-order valence-electron chi connectivity index (χ4n) is 4.57. The second kappa shape index (κ2) is 8.12. The SMILES string of the molecule is CC(C)c1cc(-c2ccc3c(C(C)C)cc(N4CCNCC4)nc3c2)ncc1N1CC1. The minimum absolute atomic E-state index is 0.454. The van der Waals surface area contributed by atoms with E-state index in [2.05, 4.69) is 79.3 Å². The van der Waals surface area contributed by atoms with Crippen LogP contribution in [0.25, 0.3) is 22.2 Å². The zero-order valence-electron chi connectivity index (χ0n) is 19.2. The van der Waals surface area contributed by atoms with Gasteiger partial charge in [0.25, 0.3) is 0 Å². The van der Waals surface area contributed by atoms with Crippen molar-refractivity contribution >= 4 is 22.4 Å². The van der Waals surface area contributed by atoms with Gasteiger partial charge in [0.2, 0.25) is 0 Å². The molecule has 2 aliphatic heterocycles. The molecule has 1 aromatic carbocycles. The average Bonchev–Trinajstić information content (AvgIpc) is 3.63. The molecule has 5 rings (SSSR count). The molecule has 0 saturated carbocycles. The van der Waals surface area contributed by atoms with Crippen molar-refractivity contribution in [2.45, 2.75) is 39.5 Å². The summed E-state index contributed by atoms with van der Waals surface area (Å²) >= 11 is 0. The fourth-order valence-corrected chi connectivity index (χ4v) is 4.57. The quantitative estimate of drug-likeness (QED) is 0.608. The third-order valence-corrected chi connectivity index (χ3v) is 6.51. The highest BCUT2D eigenvalue weighted by molar-refractivity contribution is 5.88. The summed E-state index contributed by atoms with van der Waals surface area (Å²) in [5.41, 5.74) is 7.30. The normalized spacial score (nSPS) is 16.6. The Morgan fingerprint density at radius 2 is 1.58 bits per heavy atom. The van der Waals surface area contributed by atoms with Crippen molar-refractivity contribution in [3.05, 3.63) is 47.7 Å². The molecule has 0 unspecified atom stereocenters. The number of pyridine rings is 2. The summed E-state index contributed by atoms with van der Waals surface area (Å²) in [6, 6.07) is 11.3. The van der Waals surface area contributed by atoms with Crippen LogP contribution in [0, 0.1) is 0 Å². The number of piperazine rings is 1. The molecule has 2 aromatic heterocycles. The summed E-state index contributed by atoms with van der Waals surface area (Å²) in [4.78, 5) is 14.7. The molecule has 2 aliphatic rings. The van der Waals surface area contributed by atoms with Gasteiger partial charge in [-0.15, -0.1) is 0 Å². The van der Waals surface area contributed by atoms with Gasteiger partial charge in [0, 0.05) is 50.2 Å². The molecule has 3 aromatic rings. The van der Waals surface area contributed by atoms with E-state index in [1.807, 2.05) is 0 Å². The Bertz CT molecular complexity index is 1090. The third kappa shape index (κ3) is 3.99. The van der Waals surface area contributed by atoms with E-state index in [1.165, 1.54) is 22.2 Å². The van der Waals surface area contributed by atoms with E-state index in [1.54, 1.807) is 0 Å². The molecule has 0 aliphatic carbocycles. The maximum absolute atomic E-state index is 5.10. The van der Waals surface area contributed by atoms with Crippen LogP contribution in [0.5, 0.6) is 0 Å². The molecule has 162 valence electrons. The Kier molecular flexibility index (Phi) is 5.30. The first kappa shape index (κ1) is 20.3. The highest BCUT2D eigenvalue weighted by Gasteiger charge is 2.23. The van der Waals surface area contributed by atoms with Crippen molar-refractivity contribution in [1.29, 1.82) is 0 Å². The van der Waals surface area contributed by atoms with Crippen LogP contribution in [0.1, 0.15) is 50.7 Å². The first-order valence-electron chi connectivity index (χ1n) is 11.7. The van der Waals surface area contributed by atoms with Gasteiger partial charge in [0.1, 0.15) is 5.82 Å². The molecule has 5 nitrogen and oxygen atoms in total. The van der Waals surface area contributed by atoms with E-state index in [0.29, 0.717) is 11.8 Å². The number of hydrogen-bond acceptors (Lipinski definition) is 5. The highest BCUT2D eigenvalue weighted by atomic mass is 15.3. The predicted molar refractivity (Wildman–Crippen MR) is 130 cm³/mol. The summed E-state index contributed by atoms with van der Waals surface area (Å²) < 4.78 is 0. The van der Waals surface area contributed by atoms with E-state index in [4.69, 9.17) is 9.97 Å². The lowest BCUT2D eigenvalue weighted by Gasteiger charge is -2.29. The minimum atomic E-state index is 0.454. The zero-order valence-corrected chi connectivity index (χ0v) is 19.2. The van der Waals surface area contributed by atoms with Crippen molar-refractivity contribution in [3.8, 4) is 11.3 Å². The van der Waals surface area contributed by atoms with E-state index in [9.17, 15) is 0 Å². The lowest BCUT2D eigenvalue weighted by atomic mass is 9.95. The van der Waals surface area contributed by atoms with Crippen molar-refractivity contribution in [2.75, 3.05) is 49.1 Å². The van der Waals surface area contributed by atoms with Crippen LogP contribution in [0.4, 0.5) is 11.5 Å². The molecule has 2 saturated heterocycles. The lowest BCUT2D eigenvalue weighted by Crippen LogP contribution is -2.43. The number of benzene rings is 1. The summed E-state index contributed by atoms with van der Waals surface area (Å²) in [6.07, 6.45) is 2.06. The molecule has 0 bridgehead atoms. The molecule has 0 amide bonds. The van der Waals surface area contributed by atoms with E-state index in [0.717, 1.165) is 61.9 Å². The van der Waals surface area contributed by atoms with Crippen LogP contribution in [-0.2, 0) is 0 Å². The first-order valence-corrected chi connectivity index (χ1v) is 11.7. The number of hydrogen-bond donors (Lipinski definition) is 1. The standard InChI is InChI=1S/C26H33N5/c1-17(2)21-15-26(31-9-7-27-8-10-31)29-24-13-19(5-6-20(21)24)23-14-22(18(3)4)25(16-28-23)30-11-12-30/h5-6,13-18,27H,7-12H2,1-4H3. The second-order valence-corrected chi connectivity index (χ2v) is 9.46. The lowest BCUT2D eigenvalue weighted by molar-refractivity contribution is 0.585. The zero-order chi connectivity index (χ0) is 21.5. The van der Waals surface area contributed by atoms with Gasteiger partial charge in [0.05, 0.1) is 23.1 Å². The number of nitrogens with zero attached hydrogens (tertiary/aromatic N) is 4. The maximum Gasteiger partial charge on any atom is 0.129 e. The van der Waals surface area contributed by atoms with Gasteiger partial charge in [-0.05, 0) is 41.2 Å². The monoisotopic (exact) mass is 415 g/mol. The molecule has 31 heavy (non-hydrogen) atoms. The molecule has 2 fully saturated rings. The molecule has 0 radical (unpaired) electrons. The summed E-state index contributed by atoms with van der Waals surface area (Å²) in [7, 11) is 0. The molecule has 0 atom stereocenters. The number of aromatic nitrogens is 2. The smallest absolute Gasteiger partial charge is 0.129 e. The Morgan fingerprint density at radius 1 is 0.839 bits per heavy atom. The van der Waals surface area contributed by atoms with Gasteiger partial charge in [-0.1, -0.05) is 39.8 Å². The number of nitrogens with one attached hydrogen (secondary N) is 1. The van der Waals surface area contributed by atoms with Crippen LogP contribution in [0.15, 0.2) is 36.5 Å². The van der Waals surface area contributed by atoms with E-state index in [-0.39, 0.29) is 0 Å². The predicted octanol–water partition coefficient (Wildman–Crippen LogP) is 4.77. The largest absolute Gasteiger partial charge is 0.367 e. The minimum Gasteiger partial charge on any atom is -0.367 e. The maximum atomic E-state index is 5.10. The highest BCUT2D eigenvalue weighted by Crippen LogP contribution is 2.35. The van der Waals surface area contributed by atoms with Gasteiger partial charge in [0.15, 0.2) is 0 Å². The second-order valence-electron chi connectivity index (χ2n) is 9.46. The van der Waals surface area contributed by atoms with Gasteiger partial charge in [-0.25, -0.2) is 4.98 Å². The topological polar surface area (TPSA) is 44.1 Å². The van der Waals surface area contributed by atoms with Crippen LogP contribution in [0.2, 0.25) is 0 Å². The van der Waals surface area contributed by atoms with Crippen molar-refractivity contribution in [3.63, 3.8) is 0 Å². The van der Waals surface area contributed by atoms with Crippen LogP contribution in [0.3, 0.4) is 0 Å². The number of anilines is 2.